The molecule has 1 heterocycles. The second kappa shape index (κ2) is 9.29. The summed E-state index contributed by atoms with van der Waals surface area (Å²) < 4.78 is 0. The largest absolute Gasteiger partial charge is 0.354 e. The molecule has 45 heavy (non-hydrogen) atoms. The number of rotatable bonds is 2. The maximum Gasteiger partial charge on any atom is 0.0471 e. The topological polar surface area (TPSA) is 15.8 Å². The van der Waals surface area contributed by atoms with Gasteiger partial charge in [-0.2, -0.15) is 0 Å². The van der Waals surface area contributed by atoms with Crippen LogP contribution in [0.25, 0.3) is 97.9 Å². The quantitative estimate of drug-likeness (QED) is 0.157. The third kappa shape index (κ3) is 3.62. The number of benzene rings is 9. The highest BCUT2D eigenvalue weighted by Crippen LogP contribution is 2.45. The molecular formula is C44H27N. The van der Waals surface area contributed by atoms with Gasteiger partial charge in [0.2, 0.25) is 0 Å². The van der Waals surface area contributed by atoms with E-state index in [-0.39, 0.29) is 0 Å². The van der Waals surface area contributed by atoms with Crippen LogP contribution >= 0.6 is 0 Å². The normalized spacial score (nSPS) is 12.0. The van der Waals surface area contributed by atoms with Crippen molar-refractivity contribution >= 4 is 75.7 Å². The summed E-state index contributed by atoms with van der Waals surface area (Å²) in [5.41, 5.74) is 7.40. The summed E-state index contributed by atoms with van der Waals surface area (Å²) in [6, 6.07) is 58.2. The Labute approximate surface area is 260 Å². The molecule has 0 fully saturated rings. The molecule has 10 aromatic rings. The number of aromatic amines is 1. The van der Waals surface area contributed by atoms with E-state index in [1.54, 1.807) is 0 Å². The monoisotopic (exact) mass is 569 g/mol. The minimum absolute atomic E-state index is 1.16. The van der Waals surface area contributed by atoms with Crippen LogP contribution in [0, 0.1) is 0 Å². The van der Waals surface area contributed by atoms with E-state index in [2.05, 4.69) is 163 Å². The van der Waals surface area contributed by atoms with Crippen molar-refractivity contribution in [3.63, 3.8) is 0 Å². The molecule has 1 nitrogen and oxygen atoms in total. The third-order valence-electron chi connectivity index (χ3n) is 9.72. The van der Waals surface area contributed by atoms with Crippen LogP contribution < -0.4 is 0 Å². The first-order valence-corrected chi connectivity index (χ1v) is 15.6. The molecular weight excluding hydrogens is 542 g/mol. The molecule has 1 N–H and O–H groups in total. The van der Waals surface area contributed by atoms with E-state index in [0.29, 0.717) is 0 Å². The van der Waals surface area contributed by atoms with Crippen molar-refractivity contribution in [3.8, 4) is 22.3 Å². The van der Waals surface area contributed by atoms with E-state index in [1.807, 2.05) is 0 Å². The second-order valence-electron chi connectivity index (χ2n) is 12.2. The molecule has 0 unspecified atom stereocenters. The Balaban J connectivity index is 1.27. The standard InChI is InChI=1S/C44H27N/c1-2-11-30-26-42-40(23-29(30)10-1)39-25-32(21-22-41(39)45-42)44-36-15-7-5-13-34(36)43(35-14-6-8-16-37(35)44)31-20-19-28-18-17-27-9-3-4-12-33(27)38(28)24-31/h1-26,45H. The summed E-state index contributed by atoms with van der Waals surface area (Å²) in [7, 11) is 0. The van der Waals surface area contributed by atoms with Gasteiger partial charge in [0.1, 0.15) is 0 Å². The van der Waals surface area contributed by atoms with Crippen LogP contribution in [0.5, 0.6) is 0 Å². The summed E-state index contributed by atoms with van der Waals surface area (Å²) in [6.07, 6.45) is 0. The number of fused-ring (bicyclic) bond motifs is 9. The maximum absolute atomic E-state index is 3.68. The van der Waals surface area contributed by atoms with Gasteiger partial charge in [-0.3, -0.25) is 0 Å². The zero-order chi connectivity index (χ0) is 29.5. The number of hydrogen-bond acceptors (Lipinski definition) is 0. The van der Waals surface area contributed by atoms with E-state index in [9.17, 15) is 0 Å². The average Bonchev–Trinajstić information content (AvgIpc) is 3.45. The van der Waals surface area contributed by atoms with Gasteiger partial charge in [-0.15, -0.1) is 0 Å². The fourth-order valence-corrected chi connectivity index (χ4v) is 7.65. The van der Waals surface area contributed by atoms with Crippen molar-refractivity contribution in [2.24, 2.45) is 0 Å². The Bertz CT molecular complexity index is 2760. The number of H-pyrrole nitrogens is 1. The zero-order valence-electron chi connectivity index (χ0n) is 24.5. The first-order chi connectivity index (χ1) is 22.3. The van der Waals surface area contributed by atoms with Gasteiger partial charge in [0, 0.05) is 21.8 Å². The Morgan fingerprint density at radius 2 is 0.711 bits per heavy atom. The van der Waals surface area contributed by atoms with Crippen LogP contribution in [0.15, 0.2) is 158 Å². The summed E-state index contributed by atoms with van der Waals surface area (Å²) in [6.45, 7) is 0. The molecule has 0 saturated carbocycles. The third-order valence-corrected chi connectivity index (χ3v) is 9.72. The Morgan fingerprint density at radius 3 is 1.36 bits per heavy atom. The van der Waals surface area contributed by atoms with Gasteiger partial charge in [-0.25, -0.2) is 0 Å². The molecule has 0 radical (unpaired) electrons. The molecule has 0 amide bonds. The minimum Gasteiger partial charge on any atom is -0.354 e. The molecule has 1 aromatic heterocycles. The van der Waals surface area contributed by atoms with Crippen LogP contribution in [0.1, 0.15) is 0 Å². The fourth-order valence-electron chi connectivity index (χ4n) is 7.65. The lowest BCUT2D eigenvalue weighted by Crippen LogP contribution is -1.91. The summed E-state index contributed by atoms with van der Waals surface area (Å²) >= 11 is 0. The molecule has 1 heteroatoms. The highest BCUT2D eigenvalue weighted by atomic mass is 14.7. The summed E-state index contributed by atoms with van der Waals surface area (Å²) in [5, 5.41) is 15.3. The average molecular weight is 570 g/mol. The van der Waals surface area contributed by atoms with Crippen LogP contribution in [0.3, 0.4) is 0 Å². The van der Waals surface area contributed by atoms with Crippen molar-refractivity contribution in [2.75, 3.05) is 0 Å². The van der Waals surface area contributed by atoms with Crippen molar-refractivity contribution in [1.82, 2.24) is 4.98 Å². The fraction of sp³-hybridized carbons (Fsp3) is 0. The second-order valence-corrected chi connectivity index (χ2v) is 12.2. The van der Waals surface area contributed by atoms with Gasteiger partial charge in [0.25, 0.3) is 0 Å². The Hall–Kier alpha value is -5.92. The van der Waals surface area contributed by atoms with Gasteiger partial charge in [-0.1, -0.05) is 127 Å². The molecule has 0 atom stereocenters. The van der Waals surface area contributed by atoms with E-state index in [4.69, 9.17) is 0 Å². The molecule has 0 saturated heterocycles. The predicted molar refractivity (Wildman–Crippen MR) is 194 cm³/mol. The lowest BCUT2D eigenvalue weighted by atomic mass is 9.85. The summed E-state index contributed by atoms with van der Waals surface area (Å²) in [4.78, 5) is 3.68. The molecule has 9 aromatic carbocycles. The first kappa shape index (κ1) is 24.5. The van der Waals surface area contributed by atoms with Crippen LogP contribution in [-0.2, 0) is 0 Å². The van der Waals surface area contributed by atoms with Crippen LogP contribution in [0.2, 0.25) is 0 Å². The zero-order valence-corrected chi connectivity index (χ0v) is 24.5. The van der Waals surface area contributed by atoms with E-state index >= 15 is 0 Å². The molecule has 0 spiro atoms. The smallest absolute Gasteiger partial charge is 0.0471 e. The van der Waals surface area contributed by atoms with Gasteiger partial charge < -0.3 is 4.98 Å². The molecule has 0 bridgehead atoms. The number of hydrogen-bond donors (Lipinski definition) is 1. The molecule has 0 aliphatic carbocycles. The first-order valence-electron chi connectivity index (χ1n) is 15.6. The predicted octanol–water partition coefficient (Wildman–Crippen LogP) is 12.4. The highest BCUT2D eigenvalue weighted by Gasteiger charge is 2.18. The lowest BCUT2D eigenvalue weighted by Gasteiger charge is -2.18. The van der Waals surface area contributed by atoms with Crippen molar-refractivity contribution in [3.05, 3.63) is 158 Å². The Morgan fingerprint density at radius 1 is 0.267 bits per heavy atom. The SMILES string of the molecule is c1ccc2cc3c(cc2c1)[nH]c1ccc(-c2c4ccccc4c(-c4ccc5ccc6ccccc6c5c4)c4ccccc24)cc13. The van der Waals surface area contributed by atoms with E-state index in [0.717, 1.165) is 5.52 Å². The van der Waals surface area contributed by atoms with Gasteiger partial charge in [0.15, 0.2) is 0 Å². The lowest BCUT2D eigenvalue weighted by molar-refractivity contribution is 1.55. The Kier molecular flexibility index (Phi) is 5.06. The van der Waals surface area contributed by atoms with E-state index < -0.39 is 0 Å². The summed E-state index contributed by atoms with van der Waals surface area (Å²) in [5.74, 6) is 0. The number of aromatic nitrogens is 1. The molecule has 208 valence electrons. The van der Waals surface area contributed by atoms with Crippen LogP contribution in [0.4, 0.5) is 0 Å². The van der Waals surface area contributed by atoms with Crippen molar-refractivity contribution < 1.29 is 0 Å². The van der Waals surface area contributed by atoms with Crippen molar-refractivity contribution in [2.45, 2.75) is 0 Å². The molecule has 10 rings (SSSR count). The molecule has 0 aliphatic heterocycles. The maximum atomic E-state index is 3.68. The van der Waals surface area contributed by atoms with Gasteiger partial charge in [0.05, 0.1) is 0 Å². The van der Waals surface area contributed by atoms with Crippen molar-refractivity contribution in [1.29, 1.82) is 0 Å². The van der Waals surface area contributed by atoms with Gasteiger partial charge in [-0.05, 0) is 106 Å². The van der Waals surface area contributed by atoms with E-state index in [1.165, 1.54) is 92.4 Å². The van der Waals surface area contributed by atoms with Gasteiger partial charge >= 0.3 is 0 Å². The minimum atomic E-state index is 1.16. The highest BCUT2D eigenvalue weighted by molar-refractivity contribution is 6.23. The number of nitrogens with one attached hydrogen (secondary N) is 1. The molecule has 0 aliphatic rings. The van der Waals surface area contributed by atoms with Crippen LogP contribution in [-0.4, -0.2) is 4.98 Å².